The van der Waals surface area contributed by atoms with Crippen LogP contribution >= 0.6 is 0 Å². The molecule has 2 rings (SSSR count). The number of nitrogens with one attached hydrogen (secondary N) is 1. The van der Waals surface area contributed by atoms with Crippen molar-refractivity contribution in [3.63, 3.8) is 0 Å². The summed E-state index contributed by atoms with van der Waals surface area (Å²) < 4.78 is 28.3. The van der Waals surface area contributed by atoms with Crippen LogP contribution < -0.4 is 15.8 Å². The Hall–Kier alpha value is -2.63. The second-order valence-electron chi connectivity index (χ2n) is 4.45. The Morgan fingerprint density at radius 1 is 1.19 bits per heavy atom. The number of ether oxygens (including phenoxy) is 1. The van der Waals surface area contributed by atoms with Gasteiger partial charge in [0.25, 0.3) is 5.91 Å². The zero-order valence-electron chi connectivity index (χ0n) is 11.3. The maximum Gasteiger partial charge on any atom is 0.387 e. The first-order valence-electron chi connectivity index (χ1n) is 6.18. The van der Waals surface area contributed by atoms with E-state index in [0.717, 1.165) is 5.56 Å². The third-order valence-electron chi connectivity index (χ3n) is 2.80. The van der Waals surface area contributed by atoms with Gasteiger partial charge in [0.05, 0.1) is 11.4 Å². The maximum atomic E-state index is 12.0. The summed E-state index contributed by atoms with van der Waals surface area (Å²) in [7, 11) is 0. The Morgan fingerprint density at radius 3 is 2.43 bits per heavy atom. The highest BCUT2D eigenvalue weighted by atomic mass is 19.3. The number of hydrogen-bond acceptors (Lipinski definition) is 3. The van der Waals surface area contributed by atoms with Crippen LogP contribution in [0.25, 0.3) is 0 Å². The molecule has 0 atom stereocenters. The van der Waals surface area contributed by atoms with E-state index in [1.54, 1.807) is 12.1 Å². The average molecular weight is 292 g/mol. The predicted octanol–water partition coefficient (Wildman–Crippen LogP) is 3.43. The Labute approximate surface area is 120 Å². The molecule has 2 aromatic rings. The van der Waals surface area contributed by atoms with Gasteiger partial charge in [0.15, 0.2) is 0 Å². The van der Waals surface area contributed by atoms with E-state index in [-0.39, 0.29) is 11.7 Å². The summed E-state index contributed by atoms with van der Waals surface area (Å²) in [5.41, 5.74) is 8.07. The van der Waals surface area contributed by atoms with Gasteiger partial charge in [0.2, 0.25) is 0 Å². The van der Waals surface area contributed by atoms with E-state index < -0.39 is 6.61 Å². The Balaban J connectivity index is 2.09. The minimum Gasteiger partial charge on any atom is -0.435 e. The van der Waals surface area contributed by atoms with E-state index in [2.05, 4.69) is 10.1 Å². The van der Waals surface area contributed by atoms with Crippen molar-refractivity contribution in [1.29, 1.82) is 0 Å². The van der Waals surface area contributed by atoms with Gasteiger partial charge in [0.1, 0.15) is 5.75 Å². The van der Waals surface area contributed by atoms with Crippen molar-refractivity contribution in [3.05, 3.63) is 53.6 Å². The van der Waals surface area contributed by atoms with Crippen LogP contribution in [0.4, 0.5) is 20.2 Å². The number of hydrogen-bond donors (Lipinski definition) is 2. The molecule has 21 heavy (non-hydrogen) atoms. The highest BCUT2D eigenvalue weighted by Crippen LogP contribution is 2.21. The van der Waals surface area contributed by atoms with Gasteiger partial charge in [0, 0.05) is 5.56 Å². The molecule has 0 bridgehead atoms. The van der Waals surface area contributed by atoms with Gasteiger partial charge in [-0.25, -0.2) is 0 Å². The maximum absolute atomic E-state index is 12.0. The first-order valence-corrected chi connectivity index (χ1v) is 6.18. The van der Waals surface area contributed by atoms with Crippen LogP contribution in [-0.2, 0) is 0 Å². The summed E-state index contributed by atoms with van der Waals surface area (Å²) in [6.07, 6.45) is 0. The zero-order valence-corrected chi connectivity index (χ0v) is 11.3. The highest BCUT2D eigenvalue weighted by Gasteiger charge is 2.09. The Bertz CT molecular complexity index is 643. The number of nitrogens with two attached hydrogens (primary N) is 1. The van der Waals surface area contributed by atoms with Gasteiger partial charge in [-0.1, -0.05) is 6.07 Å². The third kappa shape index (κ3) is 3.92. The van der Waals surface area contributed by atoms with Gasteiger partial charge in [-0.15, -0.1) is 0 Å². The van der Waals surface area contributed by atoms with Crippen molar-refractivity contribution < 1.29 is 18.3 Å². The molecule has 3 N–H and O–H groups in total. The van der Waals surface area contributed by atoms with E-state index in [1.807, 2.05) is 13.0 Å². The molecule has 0 heterocycles. The number of nitrogen functional groups attached to an aromatic ring is 1. The summed E-state index contributed by atoms with van der Waals surface area (Å²) in [6.45, 7) is -0.999. The topological polar surface area (TPSA) is 64.3 Å². The molecule has 2 aromatic carbocycles. The lowest BCUT2D eigenvalue weighted by molar-refractivity contribution is -0.0498. The molecular weight excluding hydrogens is 278 g/mol. The number of benzene rings is 2. The van der Waals surface area contributed by atoms with Gasteiger partial charge < -0.3 is 15.8 Å². The molecule has 0 aromatic heterocycles. The van der Waals surface area contributed by atoms with E-state index in [0.29, 0.717) is 16.9 Å². The molecular formula is C15H14F2N2O2. The Morgan fingerprint density at radius 2 is 1.86 bits per heavy atom. The number of alkyl halides is 2. The fourth-order valence-corrected chi connectivity index (χ4v) is 1.78. The quantitative estimate of drug-likeness (QED) is 0.848. The minimum atomic E-state index is -2.89. The first-order chi connectivity index (χ1) is 9.95. The van der Waals surface area contributed by atoms with Crippen LogP contribution in [0.5, 0.6) is 5.75 Å². The lowest BCUT2D eigenvalue weighted by Crippen LogP contribution is -2.13. The van der Waals surface area contributed by atoms with E-state index in [4.69, 9.17) is 5.73 Å². The molecule has 0 spiro atoms. The molecule has 1 amide bonds. The van der Waals surface area contributed by atoms with Gasteiger partial charge in [-0.2, -0.15) is 8.78 Å². The van der Waals surface area contributed by atoms with Crippen LogP contribution in [0, 0.1) is 6.92 Å². The van der Waals surface area contributed by atoms with Crippen LogP contribution in [0.3, 0.4) is 0 Å². The second-order valence-corrected chi connectivity index (χ2v) is 4.45. The van der Waals surface area contributed by atoms with Crippen LogP contribution in [0.2, 0.25) is 0 Å². The van der Waals surface area contributed by atoms with E-state index >= 15 is 0 Å². The summed E-state index contributed by atoms with van der Waals surface area (Å²) in [5.74, 6) is -0.384. The van der Waals surface area contributed by atoms with Gasteiger partial charge in [-0.3, -0.25) is 4.79 Å². The van der Waals surface area contributed by atoms with Crippen LogP contribution in [-0.4, -0.2) is 12.5 Å². The van der Waals surface area contributed by atoms with Crippen molar-refractivity contribution >= 4 is 17.3 Å². The van der Waals surface area contributed by atoms with Crippen molar-refractivity contribution in [2.75, 3.05) is 11.1 Å². The molecule has 0 unspecified atom stereocenters. The van der Waals surface area contributed by atoms with Gasteiger partial charge >= 0.3 is 6.61 Å². The molecule has 4 nitrogen and oxygen atoms in total. The number of rotatable bonds is 4. The molecule has 6 heteroatoms. The number of carbonyl (C=O) groups excluding carboxylic acids is 1. The van der Waals surface area contributed by atoms with Crippen molar-refractivity contribution in [3.8, 4) is 5.75 Å². The lowest BCUT2D eigenvalue weighted by Gasteiger charge is -2.09. The first kappa shape index (κ1) is 14.8. The third-order valence-corrected chi connectivity index (χ3v) is 2.80. The SMILES string of the molecule is Cc1ccc(NC(=O)c2ccc(OC(F)F)cc2)c(N)c1. The average Bonchev–Trinajstić information content (AvgIpc) is 2.42. The Kier molecular flexibility index (Phi) is 4.37. The highest BCUT2D eigenvalue weighted by molar-refractivity contribution is 6.05. The molecule has 0 fully saturated rings. The monoisotopic (exact) mass is 292 g/mol. The van der Waals surface area contributed by atoms with Crippen molar-refractivity contribution in [1.82, 2.24) is 0 Å². The second kappa shape index (κ2) is 6.21. The zero-order chi connectivity index (χ0) is 15.4. The molecule has 110 valence electrons. The normalized spacial score (nSPS) is 10.5. The number of halogens is 2. The number of carbonyl (C=O) groups is 1. The lowest BCUT2D eigenvalue weighted by atomic mass is 10.1. The molecule has 0 aliphatic carbocycles. The number of amides is 1. The smallest absolute Gasteiger partial charge is 0.387 e. The molecule has 0 aliphatic rings. The minimum absolute atomic E-state index is 0.00333. The van der Waals surface area contributed by atoms with Gasteiger partial charge in [-0.05, 0) is 48.9 Å². The van der Waals surface area contributed by atoms with E-state index in [9.17, 15) is 13.6 Å². The molecule has 0 radical (unpaired) electrons. The number of aryl methyl sites for hydroxylation is 1. The largest absolute Gasteiger partial charge is 0.435 e. The predicted molar refractivity (Wildman–Crippen MR) is 76.6 cm³/mol. The summed E-state index contributed by atoms with van der Waals surface area (Å²) in [6, 6.07) is 10.7. The molecule has 0 saturated carbocycles. The summed E-state index contributed by atoms with van der Waals surface area (Å²) >= 11 is 0. The summed E-state index contributed by atoms with van der Waals surface area (Å²) in [4.78, 5) is 12.0. The van der Waals surface area contributed by atoms with Crippen molar-refractivity contribution in [2.24, 2.45) is 0 Å². The summed E-state index contributed by atoms with van der Waals surface area (Å²) in [5, 5.41) is 2.66. The fourth-order valence-electron chi connectivity index (χ4n) is 1.78. The van der Waals surface area contributed by atoms with Crippen LogP contribution in [0.1, 0.15) is 15.9 Å². The van der Waals surface area contributed by atoms with Crippen LogP contribution in [0.15, 0.2) is 42.5 Å². The standard InChI is InChI=1S/C15H14F2N2O2/c1-9-2-7-13(12(18)8-9)19-14(20)10-3-5-11(6-4-10)21-15(16)17/h2-8,15H,18H2,1H3,(H,19,20). The van der Waals surface area contributed by atoms with E-state index in [1.165, 1.54) is 24.3 Å². The molecule has 0 saturated heterocycles. The number of anilines is 2. The fraction of sp³-hybridized carbons (Fsp3) is 0.133. The molecule has 0 aliphatic heterocycles. The van der Waals surface area contributed by atoms with Crippen molar-refractivity contribution in [2.45, 2.75) is 13.5 Å².